The van der Waals surface area contributed by atoms with Gasteiger partial charge >= 0.3 is 12.0 Å². The van der Waals surface area contributed by atoms with Crippen LogP contribution >= 0.6 is 0 Å². The van der Waals surface area contributed by atoms with Gasteiger partial charge in [-0.3, -0.25) is 4.79 Å². The van der Waals surface area contributed by atoms with E-state index in [9.17, 15) is 14.7 Å². The zero-order valence-corrected chi connectivity index (χ0v) is 11.3. The molecule has 0 spiro atoms. The molecule has 2 N–H and O–H groups in total. The van der Waals surface area contributed by atoms with Crippen LogP contribution in [0.3, 0.4) is 0 Å². The molecule has 2 amide bonds. The molecule has 2 saturated heterocycles. The molecule has 2 fully saturated rings. The number of piperidine rings is 1. The summed E-state index contributed by atoms with van der Waals surface area (Å²) in [4.78, 5) is 26.9. The highest BCUT2D eigenvalue weighted by molar-refractivity contribution is 5.78. The van der Waals surface area contributed by atoms with Gasteiger partial charge in [0.2, 0.25) is 0 Å². The second-order valence-corrected chi connectivity index (χ2v) is 5.48. The highest BCUT2D eigenvalue weighted by atomic mass is 16.4. The zero-order valence-electron chi connectivity index (χ0n) is 11.3. The van der Waals surface area contributed by atoms with Crippen LogP contribution in [0.1, 0.15) is 32.6 Å². The molecule has 0 saturated carbocycles. The number of aliphatic carboxylic acids is 1. The molecule has 0 aromatic rings. The summed E-state index contributed by atoms with van der Waals surface area (Å²) < 4.78 is 0. The van der Waals surface area contributed by atoms with Crippen LogP contribution in [-0.2, 0) is 4.79 Å². The molecule has 108 valence electrons. The van der Waals surface area contributed by atoms with Gasteiger partial charge in [0.1, 0.15) is 0 Å². The Balaban J connectivity index is 2.05. The maximum absolute atomic E-state index is 12.5. The minimum Gasteiger partial charge on any atom is -0.481 e. The lowest BCUT2D eigenvalue weighted by atomic mass is 10.0. The molecular formula is C13H22N2O4. The number of carbonyl (C=O) groups is 2. The van der Waals surface area contributed by atoms with Gasteiger partial charge in [-0.2, -0.15) is 0 Å². The summed E-state index contributed by atoms with van der Waals surface area (Å²) in [6.45, 7) is 2.93. The number of nitrogens with zero attached hydrogens (tertiary/aromatic N) is 2. The minimum atomic E-state index is -0.833. The Morgan fingerprint density at radius 3 is 2.47 bits per heavy atom. The van der Waals surface area contributed by atoms with Gasteiger partial charge in [0.25, 0.3) is 0 Å². The predicted octanol–water partition coefficient (Wildman–Crippen LogP) is 0.748. The first-order valence-corrected chi connectivity index (χ1v) is 6.97. The molecule has 0 bridgehead atoms. The molecule has 0 aliphatic carbocycles. The van der Waals surface area contributed by atoms with Gasteiger partial charge in [-0.05, 0) is 32.6 Å². The largest absolute Gasteiger partial charge is 0.481 e. The van der Waals surface area contributed by atoms with Crippen molar-refractivity contribution in [2.45, 2.75) is 44.7 Å². The number of amides is 2. The summed E-state index contributed by atoms with van der Waals surface area (Å²) in [6.07, 6.45) is 3.32. The van der Waals surface area contributed by atoms with Crippen LogP contribution < -0.4 is 0 Å². The number of hydrogen-bond donors (Lipinski definition) is 2. The van der Waals surface area contributed by atoms with Crippen molar-refractivity contribution in [1.82, 2.24) is 9.80 Å². The molecule has 0 aromatic carbocycles. The van der Waals surface area contributed by atoms with Crippen LogP contribution in [0.15, 0.2) is 0 Å². The third-order valence-electron chi connectivity index (χ3n) is 4.40. The van der Waals surface area contributed by atoms with Crippen LogP contribution in [0.25, 0.3) is 0 Å². The summed E-state index contributed by atoms with van der Waals surface area (Å²) >= 11 is 0. The first-order valence-electron chi connectivity index (χ1n) is 6.97. The van der Waals surface area contributed by atoms with E-state index in [1.165, 1.54) is 0 Å². The second-order valence-electron chi connectivity index (χ2n) is 5.48. The number of carboxylic acids is 1. The van der Waals surface area contributed by atoms with Gasteiger partial charge in [0.15, 0.2) is 0 Å². The lowest BCUT2D eigenvalue weighted by Gasteiger charge is -2.38. The van der Waals surface area contributed by atoms with E-state index in [1.54, 1.807) is 16.7 Å². The molecule has 3 atom stereocenters. The van der Waals surface area contributed by atoms with E-state index in [0.717, 1.165) is 19.3 Å². The maximum Gasteiger partial charge on any atom is 0.320 e. The van der Waals surface area contributed by atoms with Crippen molar-refractivity contribution in [3.05, 3.63) is 0 Å². The number of carboxylic acid groups (broad SMARTS) is 1. The Morgan fingerprint density at radius 1 is 1.16 bits per heavy atom. The molecule has 2 aliphatic rings. The number of hydrogen-bond acceptors (Lipinski definition) is 3. The van der Waals surface area contributed by atoms with Gasteiger partial charge in [0.05, 0.1) is 18.6 Å². The van der Waals surface area contributed by atoms with Crippen LogP contribution in [0.2, 0.25) is 0 Å². The number of likely N-dealkylation sites (tertiary alicyclic amines) is 2. The minimum absolute atomic E-state index is 0.0175. The Morgan fingerprint density at radius 2 is 1.89 bits per heavy atom. The Labute approximate surface area is 113 Å². The molecule has 2 heterocycles. The van der Waals surface area contributed by atoms with E-state index in [2.05, 4.69) is 0 Å². The molecule has 2 rings (SSSR count). The summed E-state index contributed by atoms with van der Waals surface area (Å²) in [6, 6.07) is -0.501. The number of rotatable bonds is 2. The van der Waals surface area contributed by atoms with Crippen LogP contribution in [0.4, 0.5) is 4.79 Å². The van der Waals surface area contributed by atoms with Gasteiger partial charge < -0.3 is 20.0 Å². The van der Waals surface area contributed by atoms with E-state index in [4.69, 9.17) is 5.11 Å². The van der Waals surface area contributed by atoms with Crippen molar-refractivity contribution in [1.29, 1.82) is 0 Å². The fraction of sp³-hybridized carbons (Fsp3) is 0.846. The number of aliphatic hydroxyl groups excluding tert-OH is 1. The van der Waals surface area contributed by atoms with Crippen molar-refractivity contribution in [3.8, 4) is 0 Å². The van der Waals surface area contributed by atoms with Crippen molar-refractivity contribution < 1.29 is 19.8 Å². The predicted molar refractivity (Wildman–Crippen MR) is 68.7 cm³/mol. The monoisotopic (exact) mass is 270 g/mol. The quantitative estimate of drug-likeness (QED) is 0.776. The molecular weight excluding hydrogens is 248 g/mol. The highest BCUT2D eigenvalue weighted by Crippen LogP contribution is 2.27. The van der Waals surface area contributed by atoms with E-state index in [1.807, 2.05) is 0 Å². The average molecular weight is 270 g/mol. The normalized spacial score (nSPS) is 31.6. The third kappa shape index (κ3) is 2.68. The highest BCUT2D eigenvalue weighted by Gasteiger charge is 2.41. The Hall–Kier alpha value is -1.30. The van der Waals surface area contributed by atoms with E-state index >= 15 is 0 Å². The van der Waals surface area contributed by atoms with Crippen molar-refractivity contribution in [3.63, 3.8) is 0 Å². The number of carbonyl (C=O) groups excluding carboxylic acids is 1. The SMILES string of the molecule is CC1C(C(=O)O)CCN1C(=O)N1CCCCC1CO. The lowest BCUT2D eigenvalue weighted by molar-refractivity contribution is -0.142. The zero-order chi connectivity index (χ0) is 14.0. The molecule has 2 aliphatic heterocycles. The van der Waals surface area contributed by atoms with E-state index in [0.29, 0.717) is 19.5 Å². The number of urea groups is 1. The molecule has 0 radical (unpaired) electrons. The van der Waals surface area contributed by atoms with Gasteiger partial charge in [-0.25, -0.2) is 4.79 Å². The van der Waals surface area contributed by atoms with Crippen molar-refractivity contribution >= 4 is 12.0 Å². The van der Waals surface area contributed by atoms with Crippen LogP contribution in [-0.4, -0.2) is 63.8 Å². The average Bonchev–Trinajstić information content (AvgIpc) is 2.80. The van der Waals surface area contributed by atoms with E-state index in [-0.39, 0.29) is 24.7 Å². The van der Waals surface area contributed by atoms with Gasteiger partial charge in [-0.15, -0.1) is 0 Å². The van der Waals surface area contributed by atoms with Crippen molar-refractivity contribution in [2.24, 2.45) is 5.92 Å². The van der Waals surface area contributed by atoms with Gasteiger partial charge in [-0.1, -0.05) is 0 Å². The summed E-state index contributed by atoms with van der Waals surface area (Å²) in [5.74, 6) is -1.30. The lowest BCUT2D eigenvalue weighted by Crippen LogP contribution is -2.53. The Bertz CT molecular complexity index is 361. The summed E-state index contributed by atoms with van der Waals surface area (Å²) in [7, 11) is 0. The first-order chi connectivity index (χ1) is 9.06. The van der Waals surface area contributed by atoms with E-state index < -0.39 is 11.9 Å². The molecule has 6 heteroatoms. The molecule has 6 nitrogen and oxygen atoms in total. The summed E-state index contributed by atoms with van der Waals surface area (Å²) in [5, 5.41) is 18.5. The number of aliphatic hydroxyl groups is 1. The standard InChI is InChI=1S/C13H22N2O4/c1-9-11(12(17)18)5-7-14(9)13(19)15-6-3-2-4-10(15)8-16/h9-11,16H,2-8H2,1H3,(H,17,18). The third-order valence-corrected chi connectivity index (χ3v) is 4.40. The topological polar surface area (TPSA) is 81.1 Å². The first kappa shape index (κ1) is 14.1. The molecule has 0 aromatic heterocycles. The second kappa shape index (κ2) is 5.77. The fourth-order valence-corrected chi connectivity index (χ4v) is 3.15. The summed E-state index contributed by atoms with van der Waals surface area (Å²) in [5.41, 5.74) is 0. The van der Waals surface area contributed by atoms with Crippen LogP contribution in [0.5, 0.6) is 0 Å². The van der Waals surface area contributed by atoms with Gasteiger partial charge in [0, 0.05) is 19.1 Å². The Kier molecular flexibility index (Phi) is 4.29. The molecule has 19 heavy (non-hydrogen) atoms. The maximum atomic E-state index is 12.5. The smallest absolute Gasteiger partial charge is 0.320 e. The fourth-order valence-electron chi connectivity index (χ4n) is 3.15. The van der Waals surface area contributed by atoms with Crippen LogP contribution in [0, 0.1) is 5.92 Å². The van der Waals surface area contributed by atoms with Crippen molar-refractivity contribution in [2.75, 3.05) is 19.7 Å². The molecule has 3 unspecified atom stereocenters.